The van der Waals surface area contributed by atoms with Crippen LogP contribution in [0, 0.1) is 11.3 Å². The molecule has 0 aliphatic carbocycles. The van der Waals surface area contributed by atoms with Crippen LogP contribution in [-0.4, -0.2) is 29.1 Å². The van der Waals surface area contributed by atoms with E-state index in [2.05, 4.69) is 42.2 Å². The Kier molecular flexibility index (Phi) is 4.02. The minimum absolute atomic E-state index is 0.324. The molecule has 0 radical (unpaired) electrons. The second-order valence-corrected chi connectivity index (χ2v) is 5.86. The highest BCUT2D eigenvalue weighted by Gasteiger charge is 2.24. The fourth-order valence-corrected chi connectivity index (χ4v) is 2.89. The molecule has 1 N–H and O–H groups in total. The fourth-order valence-electron chi connectivity index (χ4n) is 2.54. The maximum absolute atomic E-state index is 9.25. The molecule has 106 valence electrons. The van der Waals surface area contributed by atoms with Gasteiger partial charge in [-0.3, -0.25) is 0 Å². The molecule has 1 unspecified atom stereocenters. The molecular weight excluding hydrogens is 330 g/mol. The number of nitriles is 1. The van der Waals surface area contributed by atoms with Crippen molar-refractivity contribution in [2.45, 2.75) is 12.5 Å². The smallest absolute Gasteiger partial charge is 0.129 e. The van der Waals surface area contributed by atoms with Crippen molar-refractivity contribution in [3.8, 4) is 6.07 Å². The van der Waals surface area contributed by atoms with Crippen LogP contribution >= 0.6 is 15.9 Å². The Morgan fingerprint density at radius 1 is 1.38 bits per heavy atom. The van der Waals surface area contributed by atoms with Gasteiger partial charge in [0.25, 0.3) is 0 Å². The summed E-state index contributed by atoms with van der Waals surface area (Å²) in [6.45, 7) is 1.78. The zero-order chi connectivity index (χ0) is 14.7. The molecule has 1 atom stereocenters. The van der Waals surface area contributed by atoms with Gasteiger partial charge in [0, 0.05) is 29.8 Å². The summed E-state index contributed by atoms with van der Waals surface area (Å²) < 4.78 is 0.990. The lowest BCUT2D eigenvalue weighted by molar-refractivity contribution is 0.799. The van der Waals surface area contributed by atoms with Crippen molar-refractivity contribution < 1.29 is 0 Å². The van der Waals surface area contributed by atoms with E-state index in [0.29, 0.717) is 11.6 Å². The standard InChI is InChI=1S/C15H14BrN5/c16-12-2-1-11(8-17)14(7-12)21-6-4-13(9-21)20-15-3-5-18-10-19-15/h1-3,5,7,10,13H,4,6,9H2,(H,18,19,20). The van der Waals surface area contributed by atoms with Gasteiger partial charge >= 0.3 is 0 Å². The van der Waals surface area contributed by atoms with E-state index in [-0.39, 0.29) is 0 Å². The molecule has 2 heterocycles. The van der Waals surface area contributed by atoms with E-state index in [0.717, 1.165) is 35.5 Å². The van der Waals surface area contributed by atoms with E-state index in [1.54, 1.807) is 6.20 Å². The van der Waals surface area contributed by atoms with Crippen LogP contribution in [0.15, 0.2) is 41.3 Å². The first-order valence-electron chi connectivity index (χ1n) is 6.73. The first-order chi connectivity index (χ1) is 10.3. The fraction of sp³-hybridized carbons (Fsp3) is 0.267. The third-order valence-electron chi connectivity index (χ3n) is 3.54. The predicted octanol–water partition coefficient (Wildman–Crippen LogP) is 2.80. The zero-order valence-electron chi connectivity index (χ0n) is 11.3. The first-order valence-corrected chi connectivity index (χ1v) is 7.53. The minimum atomic E-state index is 0.324. The van der Waals surface area contributed by atoms with E-state index in [9.17, 15) is 5.26 Å². The molecule has 0 amide bonds. The monoisotopic (exact) mass is 343 g/mol. The first kappa shape index (κ1) is 13.8. The Balaban J connectivity index is 1.73. The number of hydrogen-bond acceptors (Lipinski definition) is 5. The molecule has 1 aromatic heterocycles. The Hall–Kier alpha value is -2.13. The van der Waals surface area contributed by atoms with Gasteiger partial charge < -0.3 is 10.2 Å². The van der Waals surface area contributed by atoms with E-state index in [1.165, 1.54) is 6.33 Å². The van der Waals surface area contributed by atoms with Crippen LogP contribution in [0.4, 0.5) is 11.5 Å². The Bertz CT molecular complexity index is 668. The van der Waals surface area contributed by atoms with Crippen LogP contribution in [0.1, 0.15) is 12.0 Å². The number of nitrogens with one attached hydrogen (secondary N) is 1. The van der Waals surface area contributed by atoms with Gasteiger partial charge in [-0.1, -0.05) is 15.9 Å². The van der Waals surface area contributed by atoms with Gasteiger partial charge in [0.05, 0.1) is 11.3 Å². The molecule has 1 aromatic carbocycles. The summed E-state index contributed by atoms with van der Waals surface area (Å²) in [5, 5.41) is 12.7. The summed E-state index contributed by atoms with van der Waals surface area (Å²) in [6, 6.07) is 10.2. The average molecular weight is 344 g/mol. The maximum Gasteiger partial charge on any atom is 0.129 e. The number of benzene rings is 1. The van der Waals surface area contributed by atoms with E-state index in [1.807, 2.05) is 24.3 Å². The normalized spacial score (nSPS) is 17.5. The number of hydrogen-bond donors (Lipinski definition) is 1. The Morgan fingerprint density at radius 3 is 3.05 bits per heavy atom. The quantitative estimate of drug-likeness (QED) is 0.928. The van der Waals surface area contributed by atoms with Crippen LogP contribution in [0.25, 0.3) is 0 Å². The minimum Gasteiger partial charge on any atom is -0.368 e. The van der Waals surface area contributed by atoms with Crippen LogP contribution in [0.3, 0.4) is 0 Å². The largest absolute Gasteiger partial charge is 0.368 e. The Labute approximate surface area is 131 Å². The summed E-state index contributed by atoms with van der Waals surface area (Å²) in [5.41, 5.74) is 1.69. The summed E-state index contributed by atoms with van der Waals surface area (Å²) in [7, 11) is 0. The van der Waals surface area contributed by atoms with Gasteiger partial charge in [0.15, 0.2) is 0 Å². The van der Waals surface area contributed by atoms with E-state index in [4.69, 9.17) is 0 Å². The molecule has 5 nitrogen and oxygen atoms in total. The number of halogens is 1. The summed E-state index contributed by atoms with van der Waals surface area (Å²) >= 11 is 3.47. The highest BCUT2D eigenvalue weighted by Crippen LogP contribution is 2.28. The van der Waals surface area contributed by atoms with Crippen molar-refractivity contribution in [1.82, 2.24) is 9.97 Å². The molecule has 6 heteroatoms. The molecule has 1 fully saturated rings. The van der Waals surface area contributed by atoms with Crippen molar-refractivity contribution >= 4 is 27.4 Å². The van der Waals surface area contributed by atoms with Gasteiger partial charge in [-0.05, 0) is 30.7 Å². The molecule has 1 aliphatic rings. The van der Waals surface area contributed by atoms with Crippen molar-refractivity contribution in [1.29, 1.82) is 5.26 Å². The van der Waals surface area contributed by atoms with Gasteiger partial charge in [-0.15, -0.1) is 0 Å². The maximum atomic E-state index is 9.25. The van der Waals surface area contributed by atoms with Gasteiger partial charge in [-0.2, -0.15) is 5.26 Å². The molecule has 1 aliphatic heterocycles. The van der Waals surface area contributed by atoms with Crippen LogP contribution in [0.5, 0.6) is 0 Å². The predicted molar refractivity (Wildman–Crippen MR) is 85.1 cm³/mol. The lowest BCUT2D eigenvalue weighted by Crippen LogP contribution is -2.26. The molecule has 21 heavy (non-hydrogen) atoms. The topological polar surface area (TPSA) is 64.8 Å². The SMILES string of the molecule is N#Cc1ccc(Br)cc1N1CCC(Nc2ccncn2)C1. The number of nitrogens with zero attached hydrogens (tertiary/aromatic N) is 4. The lowest BCUT2D eigenvalue weighted by atomic mass is 10.2. The zero-order valence-corrected chi connectivity index (χ0v) is 12.9. The van der Waals surface area contributed by atoms with Gasteiger partial charge in [0.2, 0.25) is 0 Å². The highest BCUT2D eigenvalue weighted by atomic mass is 79.9. The number of rotatable bonds is 3. The van der Waals surface area contributed by atoms with Crippen LogP contribution < -0.4 is 10.2 Å². The highest BCUT2D eigenvalue weighted by molar-refractivity contribution is 9.10. The van der Waals surface area contributed by atoms with Crippen molar-refractivity contribution in [3.05, 3.63) is 46.8 Å². The number of aromatic nitrogens is 2. The van der Waals surface area contributed by atoms with E-state index >= 15 is 0 Å². The third kappa shape index (κ3) is 3.14. The summed E-state index contributed by atoms with van der Waals surface area (Å²) in [6.07, 6.45) is 4.28. The Morgan fingerprint density at radius 2 is 2.29 bits per heavy atom. The molecular formula is C15H14BrN5. The summed E-state index contributed by atoms with van der Waals surface area (Å²) in [4.78, 5) is 10.3. The molecule has 0 saturated carbocycles. The lowest BCUT2D eigenvalue weighted by Gasteiger charge is -2.20. The van der Waals surface area contributed by atoms with E-state index < -0.39 is 0 Å². The van der Waals surface area contributed by atoms with Crippen molar-refractivity contribution in [3.63, 3.8) is 0 Å². The number of anilines is 2. The molecule has 0 spiro atoms. The average Bonchev–Trinajstić information content (AvgIpc) is 2.96. The molecule has 2 aromatic rings. The third-order valence-corrected chi connectivity index (χ3v) is 4.04. The molecule has 3 rings (SSSR count). The van der Waals surface area contributed by atoms with Crippen molar-refractivity contribution in [2.75, 3.05) is 23.3 Å². The van der Waals surface area contributed by atoms with Gasteiger partial charge in [-0.25, -0.2) is 9.97 Å². The van der Waals surface area contributed by atoms with Crippen molar-refractivity contribution in [2.24, 2.45) is 0 Å². The molecule has 0 bridgehead atoms. The molecule has 1 saturated heterocycles. The summed E-state index contributed by atoms with van der Waals surface area (Å²) in [5.74, 6) is 0.839. The van der Waals surface area contributed by atoms with Crippen LogP contribution in [-0.2, 0) is 0 Å². The second-order valence-electron chi connectivity index (χ2n) is 4.94. The van der Waals surface area contributed by atoms with Gasteiger partial charge in [0.1, 0.15) is 18.2 Å². The van der Waals surface area contributed by atoms with Crippen LogP contribution in [0.2, 0.25) is 0 Å². The second kappa shape index (κ2) is 6.10.